The Bertz CT molecular complexity index is 473. The minimum Gasteiger partial charge on any atom is -0.310 e. The SMILES string of the molecule is CCn1ncc2cc(CNC(C)C)cnc21. The molecule has 0 radical (unpaired) electrons. The van der Waals surface area contributed by atoms with Crippen molar-refractivity contribution in [3.05, 3.63) is 24.0 Å². The molecule has 0 aliphatic carbocycles. The summed E-state index contributed by atoms with van der Waals surface area (Å²) in [6, 6.07) is 2.64. The molecular weight excluding hydrogens is 200 g/mol. The summed E-state index contributed by atoms with van der Waals surface area (Å²) in [5.41, 5.74) is 2.17. The fraction of sp³-hybridized carbons (Fsp3) is 0.500. The predicted molar refractivity (Wildman–Crippen MR) is 65.2 cm³/mol. The first-order valence-electron chi connectivity index (χ1n) is 5.74. The normalized spacial score (nSPS) is 11.5. The molecule has 0 aromatic carbocycles. The van der Waals surface area contributed by atoms with Gasteiger partial charge >= 0.3 is 0 Å². The quantitative estimate of drug-likeness (QED) is 0.853. The summed E-state index contributed by atoms with van der Waals surface area (Å²) in [6.07, 6.45) is 3.80. The van der Waals surface area contributed by atoms with Crippen LogP contribution < -0.4 is 5.32 Å². The molecule has 2 aromatic rings. The molecule has 0 saturated carbocycles. The van der Waals surface area contributed by atoms with Gasteiger partial charge in [0, 0.05) is 30.7 Å². The molecule has 0 aliphatic heterocycles. The van der Waals surface area contributed by atoms with Crippen molar-refractivity contribution in [3.8, 4) is 0 Å². The molecule has 0 atom stereocenters. The van der Waals surface area contributed by atoms with Gasteiger partial charge in [-0.15, -0.1) is 0 Å². The summed E-state index contributed by atoms with van der Waals surface area (Å²) in [5, 5.41) is 8.78. The third-order valence-corrected chi connectivity index (χ3v) is 2.55. The first-order valence-corrected chi connectivity index (χ1v) is 5.74. The first-order chi connectivity index (χ1) is 7.70. The van der Waals surface area contributed by atoms with Crippen LogP contribution in [0.1, 0.15) is 26.3 Å². The van der Waals surface area contributed by atoms with Crippen LogP contribution in [0.25, 0.3) is 11.0 Å². The minimum atomic E-state index is 0.495. The van der Waals surface area contributed by atoms with E-state index in [1.807, 2.05) is 17.1 Å². The molecule has 0 aliphatic rings. The van der Waals surface area contributed by atoms with Gasteiger partial charge in [-0.05, 0) is 18.6 Å². The van der Waals surface area contributed by atoms with Crippen LogP contribution in [0.4, 0.5) is 0 Å². The Hall–Kier alpha value is -1.42. The predicted octanol–water partition coefficient (Wildman–Crippen LogP) is 1.95. The number of pyridine rings is 1. The number of rotatable bonds is 4. The lowest BCUT2D eigenvalue weighted by atomic mass is 10.2. The fourth-order valence-corrected chi connectivity index (χ4v) is 1.67. The van der Waals surface area contributed by atoms with Crippen LogP contribution in [0.3, 0.4) is 0 Å². The van der Waals surface area contributed by atoms with Crippen LogP contribution in [-0.4, -0.2) is 20.8 Å². The molecule has 2 aromatic heterocycles. The summed E-state index contributed by atoms with van der Waals surface area (Å²) >= 11 is 0. The Labute approximate surface area is 95.7 Å². The molecule has 0 saturated heterocycles. The molecule has 0 spiro atoms. The van der Waals surface area contributed by atoms with Gasteiger partial charge in [-0.3, -0.25) is 0 Å². The summed E-state index contributed by atoms with van der Waals surface area (Å²) in [4.78, 5) is 4.45. The maximum absolute atomic E-state index is 4.45. The molecule has 4 nitrogen and oxygen atoms in total. The Morgan fingerprint density at radius 2 is 2.19 bits per heavy atom. The molecule has 4 heteroatoms. The first kappa shape index (κ1) is 11.1. The van der Waals surface area contributed by atoms with Gasteiger partial charge in [0.25, 0.3) is 0 Å². The van der Waals surface area contributed by atoms with Gasteiger partial charge in [-0.1, -0.05) is 13.8 Å². The highest BCUT2D eigenvalue weighted by Gasteiger charge is 2.03. The van der Waals surface area contributed by atoms with Crippen LogP contribution in [-0.2, 0) is 13.1 Å². The molecule has 86 valence electrons. The van der Waals surface area contributed by atoms with E-state index in [-0.39, 0.29) is 0 Å². The Morgan fingerprint density at radius 1 is 1.38 bits per heavy atom. The Kier molecular flexibility index (Phi) is 3.19. The highest BCUT2D eigenvalue weighted by molar-refractivity contribution is 5.74. The maximum atomic E-state index is 4.45. The number of nitrogens with one attached hydrogen (secondary N) is 1. The lowest BCUT2D eigenvalue weighted by molar-refractivity contribution is 0.588. The largest absolute Gasteiger partial charge is 0.310 e. The number of hydrogen-bond donors (Lipinski definition) is 1. The van der Waals surface area contributed by atoms with Crippen LogP contribution in [0.2, 0.25) is 0 Å². The zero-order valence-corrected chi connectivity index (χ0v) is 10.1. The van der Waals surface area contributed by atoms with Crippen LogP contribution in [0.5, 0.6) is 0 Å². The molecule has 0 bridgehead atoms. The number of aromatic nitrogens is 3. The van der Waals surface area contributed by atoms with Gasteiger partial charge in [0.05, 0.1) is 6.20 Å². The van der Waals surface area contributed by atoms with Crippen molar-refractivity contribution in [2.24, 2.45) is 0 Å². The smallest absolute Gasteiger partial charge is 0.157 e. The summed E-state index contributed by atoms with van der Waals surface area (Å²) in [5.74, 6) is 0. The van der Waals surface area contributed by atoms with Crippen molar-refractivity contribution < 1.29 is 0 Å². The maximum Gasteiger partial charge on any atom is 0.157 e. The second-order valence-corrected chi connectivity index (χ2v) is 4.25. The number of fused-ring (bicyclic) bond motifs is 1. The number of hydrogen-bond acceptors (Lipinski definition) is 3. The van der Waals surface area contributed by atoms with Crippen molar-refractivity contribution in [3.63, 3.8) is 0 Å². The van der Waals surface area contributed by atoms with E-state index in [9.17, 15) is 0 Å². The Morgan fingerprint density at radius 3 is 2.88 bits per heavy atom. The van der Waals surface area contributed by atoms with Gasteiger partial charge in [-0.25, -0.2) is 9.67 Å². The molecule has 1 N–H and O–H groups in total. The van der Waals surface area contributed by atoms with Crippen molar-refractivity contribution in [2.75, 3.05) is 0 Å². The van der Waals surface area contributed by atoms with Gasteiger partial charge in [0.1, 0.15) is 0 Å². The number of nitrogens with zero attached hydrogens (tertiary/aromatic N) is 3. The van der Waals surface area contributed by atoms with Gasteiger partial charge in [-0.2, -0.15) is 5.10 Å². The van der Waals surface area contributed by atoms with E-state index in [2.05, 4.69) is 42.2 Å². The average Bonchev–Trinajstić information content (AvgIpc) is 2.68. The molecule has 16 heavy (non-hydrogen) atoms. The fourth-order valence-electron chi connectivity index (χ4n) is 1.67. The monoisotopic (exact) mass is 218 g/mol. The Balaban J connectivity index is 2.24. The van der Waals surface area contributed by atoms with Crippen molar-refractivity contribution in [1.82, 2.24) is 20.1 Å². The van der Waals surface area contributed by atoms with E-state index in [1.54, 1.807) is 0 Å². The van der Waals surface area contributed by atoms with E-state index in [1.165, 1.54) is 5.56 Å². The summed E-state index contributed by atoms with van der Waals surface area (Å²) in [6.45, 7) is 8.07. The molecule has 2 rings (SSSR count). The minimum absolute atomic E-state index is 0.495. The topological polar surface area (TPSA) is 42.7 Å². The molecular formula is C12H18N4. The van der Waals surface area contributed by atoms with E-state index in [0.29, 0.717) is 6.04 Å². The standard InChI is InChI=1S/C12H18N4/c1-4-16-12-11(8-15-16)5-10(7-14-12)6-13-9(2)3/h5,7-9,13H,4,6H2,1-3H3. The molecule has 0 fully saturated rings. The highest BCUT2D eigenvalue weighted by Crippen LogP contribution is 2.12. The van der Waals surface area contributed by atoms with Crippen LogP contribution in [0.15, 0.2) is 18.5 Å². The van der Waals surface area contributed by atoms with Crippen molar-refractivity contribution in [2.45, 2.75) is 39.9 Å². The average molecular weight is 218 g/mol. The van der Waals surface area contributed by atoms with E-state index in [4.69, 9.17) is 0 Å². The summed E-state index contributed by atoms with van der Waals surface area (Å²) in [7, 11) is 0. The van der Waals surface area contributed by atoms with Crippen LogP contribution >= 0.6 is 0 Å². The van der Waals surface area contributed by atoms with E-state index >= 15 is 0 Å². The van der Waals surface area contributed by atoms with Crippen LogP contribution in [0, 0.1) is 0 Å². The molecule has 0 unspecified atom stereocenters. The zero-order valence-electron chi connectivity index (χ0n) is 10.1. The van der Waals surface area contributed by atoms with E-state index in [0.717, 1.165) is 24.1 Å². The van der Waals surface area contributed by atoms with Gasteiger partial charge < -0.3 is 5.32 Å². The third-order valence-electron chi connectivity index (χ3n) is 2.55. The molecule has 2 heterocycles. The molecule has 0 amide bonds. The second-order valence-electron chi connectivity index (χ2n) is 4.25. The van der Waals surface area contributed by atoms with Crippen molar-refractivity contribution in [1.29, 1.82) is 0 Å². The highest BCUT2D eigenvalue weighted by atomic mass is 15.3. The second kappa shape index (κ2) is 4.61. The lowest BCUT2D eigenvalue weighted by Gasteiger charge is -2.07. The van der Waals surface area contributed by atoms with Gasteiger partial charge in [0.2, 0.25) is 0 Å². The lowest BCUT2D eigenvalue weighted by Crippen LogP contribution is -2.21. The third kappa shape index (κ3) is 2.22. The van der Waals surface area contributed by atoms with E-state index < -0.39 is 0 Å². The summed E-state index contributed by atoms with van der Waals surface area (Å²) < 4.78 is 1.91. The van der Waals surface area contributed by atoms with Gasteiger partial charge in [0.15, 0.2) is 5.65 Å². The zero-order chi connectivity index (χ0) is 11.5. The number of aryl methyl sites for hydroxylation is 1. The van der Waals surface area contributed by atoms with Crippen molar-refractivity contribution >= 4 is 11.0 Å².